The van der Waals surface area contributed by atoms with Gasteiger partial charge in [0, 0.05) is 34.9 Å². The van der Waals surface area contributed by atoms with E-state index in [1.165, 1.54) is 42.0 Å². The summed E-state index contributed by atoms with van der Waals surface area (Å²) < 4.78 is 0. The van der Waals surface area contributed by atoms with E-state index >= 15 is 0 Å². The molecule has 0 aromatic carbocycles. The van der Waals surface area contributed by atoms with Crippen LogP contribution in [0.5, 0.6) is 0 Å². The van der Waals surface area contributed by atoms with E-state index in [1.54, 1.807) is 0 Å². The molecule has 3 heteroatoms. The maximum atomic E-state index is 3.60. The van der Waals surface area contributed by atoms with E-state index in [0.29, 0.717) is 0 Å². The van der Waals surface area contributed by atoms with Gasteiger partial charge in [0.15, 0.2) is 0 Å². The predicted molar refractivity (Wildman–Crippen MR) is 82.5 cm³/mol. The average molecular weight is 278 g/mol. The van der Waals surface area contributed by atoms with Crippen molar-refractivity contribution in [2.45, 2.75) is 64.7 Å². The molecule has 2 atom stereocenters. The van der Waals surface area contributed by atoms with E-state index in [9.17, 15) is 0 Å². The minimum absolute atomic E-state index is 0.740. The van der Waals surface area contributed by atoms with Gasteiger partial charge in [-0.15, -0.1) is 11.3 Å². The molecule has 0 radical (unpaired) electrons. The third-order valence-corrected chi connectivity index (χ3v) is 5.79. The zero-order valence-electron chi connectivity index (χ0n) is 12.2. The number of likely N-dealkylation sites (tertiary alicyclic amines) is 1. The van der Waals surface area contributed by atoms with E-state index in [4.69, 9.17) is 0 Å². The van der Waals surface area contributed by atoms with E-state index in [-0.39, 0.29) is 0 Å². The van der Waals surface area contributed by atoms with Crippen molar-refractivity contribution in [3.63, 3.8) is 0 Å². The third-order valence-electron chi connectivity index (χ3n) is 4.72. The standard InChI is InChI=1S/C16H26N2S/c1-12-4-3-9-18(13(12)2)11-16-8-7-15(19-16)10-17-14-5-6-14/h7-8,12-14,17H,3-6,9-11H2,1-2H3. The minimum atomic E-state index is 0.740. The molecular formula is C16H26N2S. The van der Waals surface area contributed by atoms with Crippen LogP contribution in [-0.4, -0.2) is 23.5 Å². The molecular weight excluding hydrogens is 252 g/mol. The van der Waals surface area contributed by atoms with Crippen LogP contribution in [0.15, 0.2) is 12.1 Å². The molecule has 1 saturated carbocycles. The van der Waals surface area contributed by atoms with Gasteiger partial charge in [-0.1, -0.05) is 6.92 Å². The fraction of sp³-hybridized carbons (Fsp3) is 0.750. The monoisotopic (exact) mass is 278 g/mol. The summed E-state index contributed by atoms with van der Waals surface area (Å²) in [5.41, 5.74) is 0. The molecule has 1 saturated heterocycles. The summed E-state index contributed by atoms with van der Waals surface area (Å²) in [4.78, 5) is 5.70. The highest BCUT2D eigenvalue weighted by molar-refractivity contribution is 7.11. The fourth-order valence-corrected chi connectivity index (χ4v) is 3.97. The van der Waals surface area contributed by atoms with Crippen molar-refractivity contribution in [2.24, 2.45) is 5.92 Å². The first-order chi connectivity index (χ1) is 9.22. The molecule has 2 aliphatic rings. The highest BCUT2D eigenvalue weighted by Crippen LogP contribution is 2.27. The number of hydrogen-bond acceptors (Lipinski definition) is 3. The lowest BCUT2D eigenvalue weighted by molar-refractivity contribution is 0.107. The van der Waals surface area contributed by atoms with Gasteiger partial charge in [-0.2, -0.15) is 0 Å². The summed E-state index contributed by atoms with van der Waals surface area (Å²) in [6.07, 6.45) is 5.52. The Hall–Kier alpha value is -0.380. The van der Waals surface area contributed by atoms with Crippen LogP contribution in [-0.2, 0) is 13.1 Å². The summed E-state index contributed by atoms with van der Waals surface area (Å²) in [5.74, 6) is 0.852. The van der Waals surface area contributed by atoms with Crippen molar-refractivity contribution in [2.75, 3.05) is 6.54 Å². The van der Waals surface area contributed by atoms with Crippen molar-refractivity contribution >= 4 is 11.3 Å². The topological polar surface area (TPSA) is 15.3 Å². The normalized spacial score (nSPS) is 28.7. The summed E-state index contributed by atoms with van der Waals surface area (Å²) in [7, 11) is 0. The molecule has 1 aromatic heterocycles. The van der Waals surface area contributed by atoms with Gasteiger partial charge in [-0.25, -0.2) is 0 Å². The quantitative estimate of drug-likeness (QED) is 0.885. The maximum absolute atomic E-state index is 3.60. The molecule has 1 aliphatic heterocycles. The van der Waals surface area contributed by atoms with Crippen LogP contribution in [0.1, 0.15) is 49.3 Å². The molecule has 106 valence electrons. The predicted octanol–water partition coefficient (Wildman–Crippen LogP) is 3.62. The number of thiophene rings is 1. The van der Waals surface area contributed by atoms with Crippen LogP contribution in [0.2, 0.25) is 0 Å². The first kappa shape index (κ1) is 13.6. The molecule has 0 spiro atoms. The van der Waals surface area contributed by atoms with E-state index in [2.05, 4.69) is 36.2 Å². The van der Waals surface area contributed by atoms with Gasteiger partial charge in [0.2, 0.25) is 0 Å². The molecule has 2 nitrogen and oxygen atoms in total. The summed E-state index contributed by atoms with van der Waals surface area (Å²) in [5, 5.41) is 3.60. The van der Waals surface area contributed by atoms with Crippen LogP contribution in [0.3, 0.4) is 0 Å². The van der Waals surface area contributed by atoms with E-state index < -0.39 is 0 Å². The second-order valence-electron chi connectivity index (χ2n) is 6.35. The second kappa shape index (κ2) is 5.94. The second-order valence-corrected chi connectivity index (χ2v) is 7.61. The molecule has 0 amide bonds. The highest BCUT2D eigenvalue weighted by Gasteiger charge is 2.25. The molecule has 3 rings (SSSR count). The number of rotatable bonds is 5. The Kier molecular flexibility index (Phi) is 4.25. The van der Waals surface area contributed by atoms with E-state index in [0.717, 1.165) is 31.1 Å². The Labute approximate surface area is 121 Å². The van der Waals surface area contributed by atoms with Crippen LogP contribution in [0.4, 0.5) is 0 Å². The largest absolute Gasteiger partial charge is 0.309 e. The van der Waals surface area contributed by atoms with Crippen molar-refractivity contribution in [1.82, 2.24) is 10.2 Å². The molecule has 1 aromatic rings. The van der Waals surface area contributed by atoms with Gasteiger partial charge in [-0.3, -0.25) is 4.90 Å². The Morgan fingerprint density at radius 2 is 2.00 bits per heavy atom. The number of nitrogens with zero attached hydrogens (tertiary/aromatic N) is 1. The highest BCUT2D eigenvalue weighted by atomic mass is 32.1. The average Bonchev–Trinajstić information content (AvgIpc) is 3.13. The van der Waals surface area contributed by atoms with Gasteiger partial charge in [-0.05, 0) is 57.2 Å². The summed E-state index contributed by atoms with van der Waals surface area (Å²) in [6.45, 7) is 8.29. The maximum Gasteiger partial charge on any atom is 0.0330 e. The summed E-state index contributed by atoms with van der Waals surface area (Å²) in [6, 6.07) is 6.20. The van der Waals surface area contributed by atoms with Crippen molar-refractivity contribution in [3.05, 3.63) is 21.9 Å². The first-order valence-electron chi connectivity index (χ1n) is 7.77. The van der Waals surface area contributed by atoms with Crippen molar-refractivity contribution in [3.8, 4) is 0 Å². The lowest BCUT2D eigenvalue weighted by Crippen LogP contribution is -2.41. The molecule has 1 N–H and O–H groups in total. The Morgan fingerprint density at radius 1 is 1.21 bits per heavy atom. The Balaban J connectivity index is 1.53. The number of hydrogen-bond donors (Lipinski definition) is 1. The molecule has 1 aliphatic carbocycles. The van der Waals surface area contributed by atoms with Crippen LogP contribution in [0.25, 0.3) is 0 Å². The van der Waals surface area contributed by atoms with Crippen molar-refractivity contribution in [1.29, 1.82) is 0 Å². The van der Waals surface area contributed by atoms with Crippen LogP contribution < -0.4 is 5.32 Å². The molecule has 19 heavy (non-hydrogen) atoms. The van der Waals surface area contributed by atoms with Crippen LogP contribution >= 0.6 is 11.3 Å². The molecule has 0 bridgehead atoms. The minimum Gasteiger partial charge on any atom is -0.309 e. The lowest BCUT2D eigenvalue weighted by Gasteiger charge is -2.37. The third kappa shape index (κ3) is 3.59. The van der Waals surface area contributed by atoms with Gasteiger partial charge in [0.05, 0.1) is 0 Å². The van der Waals surface area contributed by atoms with Gasteiger partial charge >= 0.3 is 0 Å². The van der Waals surface area contributed by atoms with Gasteiger partial charge in [0.1, 0.15) is 0 Å². The van der Waals surface area contributed by atoms with Crippen LogP contribution in [0, 0.1) is 5.92 Å². The smallest absolute Gasteiger partial charge is 0.0330 e. The Morgan fingerprint density at radius 3 is 2.79 bits per heavy atom. The summed E-state index contributed by atoms with van der Waals surface area (Å²) >= 11 is 2.00. The zero-order chi connectivity index (χ0) is 13.2. The Bertz CT molecular complexity index is 411. The van der Waals surface area contributed by atoms with Crippen molar-refractivity contribution < 1.29 is 0 Å². The first-order valence-corrected chi connectivity index (χ1v) is 8.59. The number of nitrogens with one attached hydrogen (secondary N) is 1. The molecule has 2 heterocycles. The SMILES string of the molecule is CC1CCCN(Cc2ccc(CNC3CC3)s2)C1C. The van der Waals surface area contributed by atoms with Gasteiger partial charge < -0.3 is 5.32 Å². The lowest BCUT2D eigenvalue weighted by atomic mass is 9.92. The number of piperidine rings is 1. The zero-order valence-corrected chi connectivity index (χ0v) is 13.0. The van der Waals surface area contributed by atoms with E-state index in [1.807, 2.05) is 11.3 Å². The molecule has 2 fully saturated rings. The van der Waals surface area contributed by atoms with Gasteiger partial charge in [0.25, 0.3) is 0 Å². The fourth-order valence-electron chi connectivity index (χ4n) is 2.98. The molecule has 2 unspecified atom stereocenters.